The predicted octanol–water partition coefficient (Wildman–Crippen LogP) is 3.71. The van der Waals surface area contributed by atoms with Gasteiger partial charge in [-0.1, -0.05) is 0 Å². The van der Waals surface area contributed by atoms with Crippen LogP contribution in [0, 0.1) is 0 Å². The Morgan fingerprint density at radius 1 is 1.10 bits per heavy atom. The van der Waals surface area contributed by atoms with Crippen molar-refractivity contribution in [3.8, 4) is 11.5 Å². The molecule has 0 amide bonds. The van der Waals surface area contributed by atoms with Crippen molar-refractivity contribution in [3.05, 3.63) is 59.8 Å². The Balaban J connectivity index is 1.82. The van der Waals surface area contributed by atoms with Gasteiger partial charge in [0.2, 0.25) is 0 Å². The summed E-state index contributed by atoms with van der Waals surface area (Å²) in [6, 6.07) is 13.0. The minimum Gasteiger partial charge on any atom is -0.497 e. The molecule has 1 aromatic heterocycles. The molecule has 6 heteroatoms. The van der Waals surface area contributed by atoms with Gasteiger partial charge < -0.3 is 19.1 Å². The lowest BCUT2D eigenvalue weighted by atomic mass is 9.99. The molecule has 2 heterocycles. The number of pyridine rings is 1. The summed E-state index contributed by atoms with van der Waals surface area (Å²) in [6.07, 6.45) is 1.68. The Labute approximate surface area is 170 Å². The van der Waals surface area contributed by atoms with Crippen LogP contribution in [0.1, 0.15) is 22.8 Å². The Morgan fingerprint density at radius 3 is 2.52 bits per heavy atom. The molecule has 6 nitrogen and oxygen atoms in total. The molecule has 1 saturated heterocycles. The van der Waals surface area contributed by atoms with E-state index >= 15 is 0 Å². The van der Waals surface area contributed by atoms with E-state index in [-0.39, 0.29) is 5.78 Å². The van der Waals surface area contributed by atoms with Crippen molar-refractivity contribution >= 4 is 22.4 Å². The number of methoxy groups -OCH3 is 1. The number of ether oxygens (including phenoxy) is 3. The van der Waals surface area contributed by atoms with Crippen molar-refractivity contribution in [1.29, 1.82) is 0 Å². The van der Waals surface area contributed by atoms with Crippen LogP contribution in [0.4, 0.5) is 5.69 Å². The highest BCUT2D eigenvalue weighted by Gasteiger charge is 2.23. The first-order valence-electron chi connectivity index (χ1n) is 9.78. The topological polar surface area (TPSA) is 60.9 Å². The van der Waals surface area contributed by atoms with Gasteiger partial charge >= 0.3 is 0 Å². The Morgan fingerprint density at radius 2 is 1.83 bits per heavy atom. The maximum Gasteiger partial charge on any atom is 0.196 e. The fourth-order valence-electron chi connectivity index (χ4n) is 3.60. The number of aromatic nitrogens is 1. The standard InChI is InChI=1S/C23H24N2O4/c1-3-29-17-6-4-16(5-7-17)23(26)20-15-24-21-9-8-18(27-2)14-19(21)22(20)25-10-12-28-13-11-25/h4-9,14-15H,3,10-13H2,1-2H3. The fraction of sp³-hybridized carbons (Fsp3) is 0.304. The second kappa shape index (κ2) is 8.49. The summed E-state index contributed by atoms with van der Waals surface area (Å²) in [6.45, 7) is 5.22. The van der Waals surface area contributed by atoms with Gasteiger partial charge in [-0.3, -0.25) is 9.78 Å². The highest BCUT2D eigenvalue weighted by atomic mass is 16.5. The van der Waals surface area contributed by atoms with Gasteiger partial charge in [-0.15, -0.1) is 0 Å². The number of carbonyl (C=O) groups is 1. The Bertz CT molecular complexity index is 1010. The first-order chi connectivity index (χ1) is 14.2. The maximum absolute atomic E-state index is 13.4. The van der Waals surface area contributed by atoms with Crippen molar-refractivity contribution in [3.63, 3.8) is 0 Å². The van der Waals surface area contributed by atoms with Crippen molar-refractivity contribution in [2.24, 2.45) is 0 Å². The number of anilines is 1. The van der Waals surface area contributed by atoms with Crippen LogP contribution in [-0.2, 0) is 4.74 Å². The van der Waals surface area contributed by atoms with E-state index in [4.69, 9.17) is 14.2 Å². The van der Waals surface area contributed by atoms with Crippen molar-refractivity contribution in [2.45, 2.75) is 6.92 Å². The minimum absolute atomic E-state index is 0.0632. The van der Waals surface area contributed by atoms with E-state index in [1.165, 1.54) is 0 Å². The number of carbonyl (C=O) groups excluding carboxylic acids is 1. The van der Waals surface area contributed by atoms with Gasteiger partial charge in [0.15, 0.2) is 5.78 Å². The van der Waals surface area contributed by atoms with Crippen LogP contribution >= 0.6 is 0 Å². The number of nitrogens with zero attached hydrogens (tertiary/aromatic N) is 2. The molecule has 0 atom stereocenters. The first-order valence-corrected chi connectivity index (χ1v) is 9.78. The van der Waals surface area contributed by atoms with Gasteiger partial charge in [0, 0.05) is 30.2 Å². The molecule has 0 bridgehead atoms. The molecule has 3 aromatic rings. The average molecular weight is 392 g/mol. The second-order valence-corrected chi connectivity index (χ2v) is 6.79. The monoisotopic (exact) mass is 392 g/mol. The molecule has 0 N–H and O–H groups in total. The van der Waals surface area contributed by atoms with Crippen LogP contribution in [-0.4, -0.2) is 50.8 Å². The van der Waals surface area contributed by atoms with Crippen LogP contribution in [0.15, 0.2) is 48.7 Å². The molecule has 4 rings (SSSR count). The molecule has 0 saturated carbocycles. The van der Waals surface area contributed by atoms with Gasteiger partial charge in [-0.25, -0.2) is 0 Å². The van der Waals surface area contributed by atoms with Crippen LogP contribution in [0.3, 0.4) is 0 Å². The lowest BCUT2D eigenvalue weighted by Crippen LogP contribution is -2.37. The minimum atomic E-state index is -0.0632. The zero-order valence-corrected chi connectivity index (χ0v) is 16.7. The summed E-state index contributed by atoms with van der Waals surface area (Å²) in [7, 11) is 1.64. The molecule has 0 unspecified atom stereocenters. The molecule has 29 heavy (non-hydrogen) atoms. The molecule has 1 aliphatic heterocycles. The van der Waals surface area contributed by atoms with Gasteiger partial charge in [0.05, 0.1) is 43.7 Å². The van der Waals surface area contributed by atoms with Crippen molar-refractivity contribution in [2.75, 3.05) is 44.9 Å². The van der Waals surface area contributed by atoms with Crippen molar-refractivity contribution < 1.29 is 19.0 Å². The number of hydrogen-bond acceptors (Lipinski definition) is 6. The summed E-state index contributed by atoms with van der Waals surface area (Å²) in [5.74, 6) is 1.42. The number of ketones is 1. The lowest BCUT2D eigenvalue weighted by Gasteiger charge is -2.31. The summed E-state index contributed by atoms with van der Waals surface area (Å²) >= 11 is 0. The van der Waals surface area contributed by atoms with E-state index in [0.29, 0.717) is 30.9 Å². The quantitative estimate of drug-likeness (QED) is 0.596. The molecule has 1 aliphatic rings. The van der Waals surface area contributed by atoms with E-state index in [2.05, 4.69) is 9.88 Å². The molecule has 2 aromatic carbocycles. The number of morpholine rings is 1. The maximum atomic E-state index is 13.4. The van der Waals surface area contributed by atoms with Crippen LogP contribution in [0.25, 0.3) is 10.9 Å². The number of hydrogen-bond donors (Lipinski definition) is 0. The third-order valence-corrected chi connectivity index (χ3v) is 5.05. The largest absolute Gasteiger partial charge is 0.497 e. The van der Waals surface area contributed by atoms with Gasteiger partial charge in [-0.05, 0) is 49.4 Å². The highest BCUT2D eigenvalue weighted by molar-refractivity contribution is 6.16. The third-order valence-electron chi connectivity index (χ3n) is 5.05. The first kappa shape index (κ1) is 19.2. The van der Waals surface area contributed by atoms with E-state index < -0.39 is 0 Å². The van der Waals surface area contributed by atoms with Crippen LogP contribution in [0.5, 0.6) is 11.5 Å². The zero-order valence-electron chi connectivity index (χ0n) is 16.7. The second-order valence-electron chi connectivity index (χ2n) is 6.79. The number of benzene rings is 2. The smallest absolute Gasteiger partial charge is 0.196 e. The Kier molecular flexibility index (Phi) is 5.62. The normalized spacial score (nSPS) is 14.1. The summed E-state index contributed by atoms with van der Waals surface area (Å²) in [4.78, 5) is 20.2. The van der Waals surface area contributed by atoms with Gasteiger partial charge in [-0.2, -0.15) is 0 Å². The molecule has 0 spiro atoms. The molecular weight excluding hydrogens is 368 g/mol. The molecule has 150 valence electrons. The number of fused-ring (bicyclic) bond motifs is 1. The molecule has 0 radical (unpaired) electrons. The van der Waals surface area contributed by atoms with E-state index in [1.54, 1.807) is 25.4 Å². The lowest BCUT2D eigenvalue weighted by molar-refractivity contribution is 0.103. The molecular formula is C23H24N2O4. The summed E-state index contributed by atoms with van der Waals surface area (Å²) in [5.41, 5.74) is 2.90. The van der Waals surface area contributed by atoms with Crippen LogP contribution < -0.4 is 14.4 Å². The van der Waals surface area contributed by atoms with E-state index in [9.17, 15) is 4.79 Å². The zero-order chi connectivity index (χ0) is 20.2. The number of rotatable bonds is 6. The molecule has 1 fully saturated rings. The SMILES string of the molecule is CCOc1ccc(C(=O)c2cnc3ccc(OC)cc3c2N2CCOCC2)cc1. The van der Waals surface area contributed by atoms with E-state index in [1.807, 2.05) is 37.3 Å². The average Bonchev–Trinajstić information content (AvgIpc) is 2.78. The predicted molar refractivity (Wildman–Crippen MR) is 112 cm³/mol. The van der Waals surface area contributed by atoms with Gasteiger partial charge in [0.25, 0.3) is 0 Å². The van der Waals surface area contributed by atoms with Gasteiger partial charge in [0.1, 0.15) is 11.5 Å². The highest BCUT2D eigenvalue weighted by Crippen LogP contribution is 2.34. The van der Waals surface area contributed by atoms with E-state index in [0.717, 1.165) is 41.2 Å². The van der Waals surface area contributed by atoms with Crippen LogP contribution in [0.2, 0.25) is 0 Å². The fourth-order valence-corrected chi connectivity index (χ4v) is 3.60. The third kappa shape index (κ3) is 3.89. The van der Waals surface area contributed by atoms with Crippen molar-refractivity contribution in [1.82, 2.24) is 4.98 Å². The summed E-state index contributed by atoms with van der Waals surface area (Å²) < 4.78 is 16.4. The molecule has 0 aliphatic carbocycles. The summed E-state index contributed by atoms with van der Waals surface area (Å²) in [5, 5.41) is 0.906. The Hall–Kier alpha value is -3.12.